The Morgan fingerprint density at radius 1 is 1.40 bits per heavy atom. The van der Waals surface area contributed by atoms with Gasteiger partial charge in [0.1, 0.15) is 5.37 Å². The van der Waals surface area contributed by atoms with Gasteiger partial charge in [0, 0.05) is 24.6 Å². The van der Waals surface area contributed by atoms with Crippen molar-refractivity contribution in [3.63, 3.8) is 0 Å². The maximum absolute atomic E-state index is 12.0. The van der Waals surface area contributed by atoms with Crippen LogP contribution >= 0.6 is 23.1 Å². The van der Waals surface area contributed by atoms with Crippen LogP contribution in [0, 0.1) is 6.92 Å². The average molecular weight is 313 g/mol. The molecule has 5 heteroatoms. The molecule has 2 rings (SSSR count). The molecule has 1 saturated heterocycles. The van der Waals surface area contributed by atoms with Crippen LogP contribution in [0.15, 0.2) is 11.4 Å². The molecule has 1 aromatic heterocycles. The van der Waals surface area contributed by atoms with Crippen LogP contribution in [0.5, 0.6) is 0 Å². The van der Waals surface area contributed by atoms with Gasteiger partial charge in [-0.1, -0.05) is 13.3 Å². The van der Waals surface area contributed by atoms with E-state index in [1.165, 1.54) is 16.9 Å². The van der Waals surface area contributed by atoms with Crippen molar-refractivity contribution in [1.29, 1.82) is 0 Å². The van der Waals surface area contributed by atoms with Gasteiger partial charge in [-0.15, -0.1) is 23.1 Å². The summed E-state index contributed by atoms with van der Waals surface area (Å²) in [6.07, 6.45) is 3.22. The highest BCUT2D eigenvalue weighted by Crippen LogP contribution is 2.42. The fraction of sp³-hybridized carbons (Fsp3) is 0.667. The van der Waals surface area contributed by atoms with Gasteiger partial charge < -0.3 is 9.64 Å². The predicted molar refractivity (Wildman–Crippen MR) is 86.3 cm³/mol. The number of carbonyl (C=O) groups excluding carboxylic acids is 1. The molecule has 1 amide bonds. The molecular weight excluding hydrogens is 290 g/mol. The number of hydrogen-bond donors (Lipinski definition) is 0. The minimum absolute atomic E-state index is 0.221. The van der Waals surface area contributed by atoms with E-state index in [1.807, 2.05) is 4.90 Å². The Labute approximate surface area is 129 Å². The quantitative estimate of drug-likeness (QED) is 0.683. The summed E-state index contributed by atoms with van der Waals surface area (Å²) < 4.78 is 5.58. The van der Waals surface area contributed by atoms with E-state index >= 15 is 0 Å². The Hall–Kier alpha value is -0.520. The van der Waals surface area contributed by atoms with E-state index in [1.54, 1.807) is 23.1 Å². The van der Waals surface area contributed by atoms with E-state index in [2.05, 4.69) is 25.3 Å². The van der Waals surface area contributed by atoms with Gasteiger partial charge in [0.2, 0.25) is 5.91 Å². The van der Waals surface area contributed by atoms with Crippen LogP contribution in [0.1, 0.15) is 42.0 Å². The maximum atomic E-state index is 12.0. The fourth-order valence-corrected chi connectivity index (χ4v) is 4.73. The first-order valence-electron chi connectivity index (χ1n) is 7.27. The third-order valence-corrected chi connectivity index (χ3v) is 5.86. The van der Waals surface area contributed by atoms with Crippen molar-refractivity contribution < 1.29 is 9.53 Å². The molecule has 3 nitrogen and oxygen atoms in total. The van der Waals surface area contributed by atoms with Gasteiger partial charge in [-0.25, -0.2) is 0 Å². The van der Waals surface area contributed by atoms with E-state index in [0.717, 1.165) is 32.6 Å². The van der Waals surface area contributed by atoms with E-state index in [4.69, 9.17) is 4.74 Å². The summed E-state index contributed by atoms with van der Waals surface area (Å²) in [7, 11) is 0. The summed E-state index contributed by atoms with van der Waals surface area (Å²) in [5.74, 6) is 0.875. The zero-order valence-corrected chi connectivity index (χ0v) is 13.9. The third-order valence-electron chi connectivity index (χ3n) is 3.42. The first kappa shape index (κ1) is 15.9. The largest absolute Gasteiger partial charge is 0.381 e. The lowest BCUT2D eigenvalue weighted by atomic mass is 10.2. The Balaban J connectivity index is 1.82. The molecule has 1 fully saturated rings. The van der Waals surface area contributed by atoms with Crippen LogP contribution in [-0.2, 0) is 9.53 Å². The molecule has 2 heterocycles. The lowest BCUT2D eigenvalue weighted by molar-refractivity contribution is -0.128. The maximum Gasteiger partial charge on any atom is 0.233 e. The zero-order valence-electron chi connectivity index (χ0n) is 12.3. The fourth-order valence-electron chi connectivity index (χ4n) is 2.24. The Bertz CT molecular complexity index is 433. The normalized spacial score (nSPS) is 19.0. The molecule has 1 aliphatic heterocycles. The van der Waals surface area contributed by atoms with Gasteiger partial charge >= 0.3 is 0 Å². The molecule has 112 valence electrons. The minimum Gasteiger partial charge on any atom is -0.381 e. The second kappa shape index (κ2) is 8.05. The smallest absolute Gasteiger partial charge is 0.233 e. The van der Waals surface area contributed by atoms with Crippen molar-refractivity contribution in [2.24, 2.45) is 0 Å². The molecule has 0 bridgehead atoms. The van der Waals surface area contributed by atoms with Crippen molar-refractivity contribution >= 4 is 29.0 Å². The zero-order chi connectivity index (χ0) is 14.4. The Morgan fingerprint density at radius 2 is 2.20 bits per heavy atom. The van der Waals surface area contributed by atoms with Crippen LogP contribution in [0.3, 0.4) is 0 Å². The van der Waals surface area contributed by atoms with Crippen molar-refractivity contribution in [2.75, 3.05) is 25.5 Å². The van der Waals surface area contributed by atoms with Gasteiger partial charge in [0.15, 0.2) is 0 Å². The molecule has 0 aliphatic carbocycles. The van der Waals surface area contributed by atoms with Crippen LogP contribution in [0.25, 0.3) is 0 Å². The highest BCUT2D eigenvalue weighted by Gasteiger charge is 2.33. The predicted octanol–water partition coefficient (Wildman–Crippen LogP) is 3.84. The summed E-state index contributed by atoms with van der Waals surface area (Å²) in [6.45, 7) is 6.69. The molecule has 1 aliphatic rings. The summed E-state index contributed by atoms with van der Waals surface area (Å²) in [5, 5.41) is 2.33. The molecule has 1 atom stereocenters. The van der Waals surface area contributed by atoms with Gasteiger partial charge in [-0.2, -0.15) is 0 Å². The molecule has 0 N–H and O–H groups in total. The molecule has 0 spiro atoms. The van der Waals surface area contributed by atoms with Gasteiger partial charge in [-0.05, 0) is 36.8 Å². The van der Waals surface area contributed by atoms with Crippen LogP contribution < -0.4 is 0 Å². The van der Waals surface area contributed by atoms with Crippen molar-refractivity contribution in [1.82, 2.24) is 4.90 Å². The second-order valence-corrected chi connectivity index (χ2v) is 7.05. The van der Waals surface area contributed by atoms with Crippen LogP contribution in [0.4, 0.5) is 0 Å². The van der Waals surface area contributed by atoms with E-state index in [9.17, 15) is 4.79 Å². The van der Waals surface area contributed by atoms with Gasteiger partial charge in [0.05, 0.1) is 5.75 Å². The molecule has 0 saturated carbocycles. The molecule has 0 aromatic carbocycles. The lowest BCUT2D eigenvalue weighted by Gasteiger charge is -2.23. The van der Waals surface area contributed by atoms with Gasteiger partial charge in [-0.3, -0.25) is 4.79 Å². The highest BCUT2D eigenvalue weighted by molar-refractivity contribution is 8.00. The molecule has 0 radical (unpaired) electrons. The Morgan fingerprint density at radius 3 is 2.90 bits per heavy atom. The van der Waals surface area contributed by atoms with E-state index in [-0.39, 0.29) is 11.3 Å². The SMILES string of the molecule is CCCCOCCCN1C(=O)CSC1c1sccc1C. The molecular formula is C15H23NO2S2. The number of ether oxygens (including phenoxy) is 1. The number of aryl methyl sites for hydroxylation is 1. The monoisotopic (exact) mass is 313 g/mol. The number of nitrogens with zero attached hydrogens (tertiary/aromatic N) is 1. The summed E-state index contributed by atoms with van der Waals surface area (Å²) in [5.41, 5.74) is 1.30. The highest BCUT2D eigenvalue weighted by atomic mass is 32.2. The topological polar surface area (TPSA) is 29.5 Å². The van der Waals surface area contributed by atoms with Gasteiger partial charge in [0.25, 0.3) is 0 Å². The number of amides is 1. The molecule has 1 aromatic rings. The second-order valence-electron chi connectivity index (χ2n) is 5.04. The minimum atomic E-state index is 0.221. The van der Waals surface area contributed by atoms with Crippen LogP contribution in [0.2, 0.25) is 0 Å². The number of hydrogen-bond acceptors (Lipinski definition) is 4. The number of unbranched alkanes of at least 4 members (excludes halogenated alkanes) is 1. The number of thioether (sulfide) groups is 1. The number of thiophene rings is 1. The Kier molecular flexibility index (Phi) is 6.39. The first-order chi connectivity index (χ1) is 9.74. The first-order valence-corrected chi connectivity index (χ1v) is 9.19. The van der Waals surface area contributed by atoms with E-state index < -0.39 is 0 Å². The molecule has 20 heavy (non-hydrogen) atoms. The summed E-state index contributed by atoms with van der Waals surface area (Å²) in [6, 6.07) is 2.13. The van der Waals surface area contributed by atoms with E-state index in [0.29, 0.717) is 5.75 Å². The summed E-state index contributed by atoms with van der Waals surface area (Å²) >= 11 is 3.51. The standard InChI is InChI=1S/C15H23NO2S2/c1-3-4-8-18-9-5-7-16-13(17)11-20-15(16)14-12(2)6-10-19-14/h6,10,15H,3-5,7-9,11H2,1-2H3. The van der Waals surface area contributed by atoms with Crippen molar-refractivity contribution in [3.05, 3.63) is 21.9 Å². The van der Waals surface area contributed by atoms with Crippen LogP contribution in [-0.4, -0.2) is 36.3 Å². The lowest BCUT2D eigenvalue weighted by Crippen LogP contribution is -2.29. The van der Waals surface area contributed by atoms with Crippen molar-refractivity contribution in [3.8, 4) is 0 Å². The number of carbonyl (C=O) groups is 1. The average Bonchev–Trinajstić information content (AvgIpc) is 3.00. The third kappa shape index (κ3) is 3.99. The molecule has 1 unspecified atom stereocenters. The summed E-state index contributed by atoms with van der Waals surface area (Å²) in [4.78, 5) is 15.4. The number of rotatable bonds is 8. The van der Waals surface area contributed by atoms with Crippen molar-refractivity contribution in [2.45, 2.75) is 38.5 Å².